The Morgan fingerprint density at radius 3 is 2.48 bits per heavy atom. The molecule has 0 heterocycles. The molecule has 2 aromatic rings. The molecular formula is C17H18ClF2N. The minimum Gasteiger partial charge on any atom is -0.316 e. The van der Waals surface area contributed by atoms with Crippen molar-refractivity contribution in [3.63, 3.8) is 0 Å². The van der Waals surface area contributed by atoms with Crippen LogP contribution in [0.15, 0.2) is 42.5 Å². The molecule has 0 saturated carbocycles. The zero-order valence-corrected chi connectivity index (χ0v) is 12.6. The maximum absolute atomic E-state index is 13.5. The van der Waals surface area contributed by atoms with E-state index >= 15 is 0 Å². The lowest BCUT2D eigenvalue weighted by molar-refractivity contribution is 0.585. The second-order valence-electron chi connectivity index (χ2n) is 4.97. The van der Waals surface area contributed by atoms with Crippen LogP contribution in [0.5, 0.6) is 0 Å². The summed E-state index contributed by atoms with van der Waals surface area (Å²) in [6.45, 7) is 3.60. The lowest BCUT2D eigenvalue weighted by Crippen LogP contribution is -2.22. The number of benzene rings is 2. The van der Waals surface area contributed by atoms with Gasteiger partial charge in [-0.05, 0) is 42.3 Å². The molecule has 0 aliphatic heterocycles. The molecule has 0 bridgehead atoms. The van der Waals surface area contributed by atoms with Crippen LogP contribution < -0.4 is 5.32 Å². The van der Waals surface area contributed by atoms with Gasteiger partial charge in [-0.1, -0.05) is 42.8 Å². The van der Waals surface area contributed by atoms with Crippen LogP contribution in [0.25, 0.3) is 0 Å². The van der Waals surface area contributed by atoms with Crippen molar-refractivity contribution in [2.24, 2.45) is 0 Å². The van der Waals surface area contributed by atoms with Crippen molar-refractivity contribution in [1.82, 2.24) is 5.32 Å². The molecule has 21 heavy (non-hydrogen) atoms. The van der Waals surface area contributed by atoms with E-state index in [4.69, 9.17) is 11.6 Å². The van der Waals surface area contributed by atoms with Crippen LogP contribution >= 0.6 is 11.6 Å². The topological polar surface area (TPSA) is 12.0 Å². The van der Waals surface area contributed by atoms with Crippen molar-refractivity contribution >= 4 is 11.6 Å². The van der Waals surface area contributed by atoms with E-state index in [2.05, 4.69) is 5.32 Å². The fourth-order valence-corrected chi connectivity index (χ4v) is 2.54. The van der Waals surface area contributed by atoms with Gasteiger partial charge in [0.15, 0.2) is 0 Å². The fraction of sp³-hybridized carbons (Fsp3) is 0.294. The highest BCUT2D eigenvalue weighted by Crippen LogP contribution is 2.27. The zero-order valence-electron chi connectivity index (χ0n) is 11.9. The van der Waals surface area contributed by atoms with E-state index in [1.165, 1.54) is 18.2 Å². The summed E-state index contributed by atoms with van der Waals surface area (Å²) < 4.78 is 26.6. The van der Waals surface area contributed by atoms with Crippen LogP contribution in [0.3, 0.4) is 0 Å². The first-order valence-electron chi connectivity index (χ1n) is 7.01. The first-order valence-corrected chi connectivity index (χ1v) is 7.38. The summed E-state index contributed by atoms with van der Waals surface area (Å²) in [5.74, 6) is -0.551. The fourth-order valence-electron chi connectivity index (χ4n) is 2.33. The summed E-state index contributed by atoms with van der Waals surface area (Å²) in [7, 11) is 0. The van der Waals surface area contributed by atoms with Gasteiger partial charge in [-0.15, -0.1) is 0 Å². The number of halogens is 3. The monoisotopic (exact) mass is 309 g/mol. The first kappa shape index (κ1) is 15.9. The molecule has 0 saturated heterocycles. The maximum Gasteiger partial charge on any atom is 0.142 e. The second kappa shape index (κ2) is 7.53. The van der Waals surface area contributed by atoms with E-state index in [9.17, 15) is 8.78 Å². The summed E-state index contributed by atoms with van der Waals surface area (Å²) in [5, 5.41) is 3.45. The van der Waals surface area contributed by atoms with Crippen LogP contribution in [0.4, 0.5) is 8.78 Å². The molecule has 0 aromatic heterocycles. The molecule has 1 atom stereocenters. The number of hydrogen-bond acceptors (Lipinski definition) is 1. The maximum atomic E-state index is 13.5. The molecule has 0 radical (unpaired) electrons. The molecule has 0 aliphatic rings. The molecular weight excluding hydrogens is 292 g/mol. The minimum atomic E-state index is -0.407. The van der Waals surface area contributed by atoms with E-state index in [0.29, 0.717) is 6.42 Å². The number of nitrogens with one attached hydrogen (secondary N) is 1. The van der Waals surface area contributed by atoms with Gasteiger partial charge in [-0.2, -0.15) is 0 Å². The molecule has 2 rings (SSSR count). The van der Waals surface area contributed by atoms with Crippen molar-refractivity contribution in [1.29, 1.82) is 0 Å². The molecule has 0 amide bonds. The summed E-state index contributed by atoms with van der Waals surface area (Å²) in [6.07, 6.45) is 0.606. The Labute approximate surface area is 128 Å². The normalized spacial score (nSPS) is 12.4. The van der Waals surface area contributed by atoms with Gasteiger partial charge >= 0.3 is 0 Å². The van der Waals surface area contributed by atoms with Gasteiger partial charge in [-0.3, -0.25) is 0 Å². The number of rotatable bonds is 6. The third-order valence-electron chi connectivity index (χ3n) is 3.48. The lowest BCUT2D eigenvalue weighted by atomic mass is 9.91. The molecule has 0 spiro atoms. The predicted molar refractivity (Wildman–Crippen MR) is 82.8 cm³/mol. The highest BCUT2D eigenvalue weighted by Gasteiger charge is 2.15. The van der Waals surface area contributed by atoms with Gasteiger partial charge in [0.25, 0.3) is 0 Å². The van der Waals surface area contributed by atoms with E-state index in [1.54, 1.807) is 18.2 Å². The third kappa shape index (κ3) is 4.26. The SMILES string of the molecule is CCNCC(Cc1cccc(F)c1Cl)c1ccc(F)cc1. The molecule has 2 aromatic carbocycles. The zero-order chi connectivity index (χ0) is 15.2. The van der Waals surface area contributed by atoms with Gasteiger partial charge in [-0.25, -0.2) is 8.78 Å². The summed E-state index contributed by atoms with van der Waals surface area (Å²) >= 11 is 6.03. The van der Waals surface area contributed by atoms with Crippen molar-refractivity contribution < 1.29 is 8.78 Å². The van der Waals surface area contributed by atoms with E-state index in [-0.39, 0.29) is 16.8 Å². The molecule has 1 nitrogen and oxygen atoms in total. The Kier molecular flexibility index (Phi) is 5.71. The summed E-state index contributed by atoms with van der Waals surface area (Å²) in [4.78, 5) is 0. The van der Waals surface area contributed by atoms with Crippen LogP contribution in [0.1, 0.15) is 24.0 Å². The Morgan fingerprint density at radius 1 is 1.10 bits per heavy atom. The van der Waals surface area contributed by atoms with Crippen molar-refractivity contribution in [3.8, 4) is 0 Å². The Hall–Kier alpha value is -1.45. The van der Waals surface area contributed by atoms with Crippen molar-refractivity contribution in [2.45, 2.75) is 19.3 Å². The largest absolute Gasteiger partial charge is 0.316 e. The van der Waals surface area contributed by atoms with Gasteiger partial charge in [0.1, 0.15) is 11.6 Å². The van der Waals surface area contributed by atoms with E-state index in [0.717, 1.165) is 24.2 Å². The molecule has 1 N–H and O–H groups in total. The Bertz CT molecular complexity index is 584. The van der Waals surface area contributed by atoms with Crippen LogP contribution in [-0.2, 0) is 6.42 Å². The van der Waals surface area contributed by atoms with E-state index in [1.807, 2.05) is 13.0 Å². The summed E-state index contributed by atoms with van der Waals surface area (Å²) in [6, 6.07) is 11.3. The van der Waals surface area contributed by atoms with Gasteiger partial charge in [0.05, 0.1) is 5.02 Å². The molecule has 0 aliphatic carbocycles. The first-order chi connectivity index (χ1) is 10.1. The van der Waals surface area contributed by atoms with E-state index < -0.39 is 5.82 Å². The highest BCUT2D eigenvalue weighted by atomic mass is 35.5. The van der Waals surface area contributed by atoms with Gasteiger partial charge in [0, 0.05) is 12.5 Å². The average molecular weight is 310 g/mol. The van der Waals surface area contributed by atoms with Crippen molar-refractivity contribution in [3.05, 3.63) is 70.2 Å². The van der Waals surface area contributed by atoms with Gasteiger partial charge in [0.2, 0.25) is 0 Å². The van der Waals surface area contributed by atoms with Crippen LogP contribution in [0, 0.1) is 11.6 Å². The van der Waals surface area contributed by atoms with Crippen LogP contribution in [-0.4, -0.2) is 13.1 Å². The smallest absolute Gasteiger partial charge is 0.142 e. The minimum absolute atomic E-state index is 0.116. The summed E-state index contributed by atoms with van der Waals surface area (Å²) in [5.41, 5.74) is 1.78. The molecule has 1 unspecified atom stereocenters. The molecule has 0 fully saturated rings. The quantitative estimate of drug-likeness (QED) is 0.825. The molecule has 112 valence electrons. The predicted octanol–water partition coefficient (Wildman–Crippen LogP) is 4.55. The Balaban J connectivity index is 2.23. The third-order valence-corrected chi connectivity index (χ3v) is 3.90. The van der Waals surface area contributed by atoms with Crippen molar-refractivity contribution in [2.75, 3.05) is 13.1 Å². The molecule has 4 heteroatoms. The lowest BCUT2D eigenvalue weighted by Gasteiger charge is -2.19. The Morgan fingerprint density at radius 2 is 1.81 bits per heavy atom. The van der Waals surface area contributed by atoms with Crippen LogP contribution in [0.2, 0.25) is 5.02 Å². The second-order valence-corrected chi connectivity index (χ2v) is 5.35. The number of likely N-dealkylation sites (N-methyl/N-ethyl adjacent to an activating group) is 1. The highest BCUT2D eigenvalue weighted by molar-refractivity contribution is 6.31. The standard InChI is InChI=1S/C17H18ClF2N/c1-2-21-11-14(12-6-8-15(19)9-7-12)10-13-4-3-5-16(20)17(13)18/h3-9,14,21H,2,10-11H2,1H3. The average Bonchev–Trinajstić information content (AvgIpc) is 2.49. The van der Waals surface area contributed by atoms with Gasteiger partial charge < -0.3 is 5.32 Å². The number of hydrogen-bond donors (Lipinski definition) is 1.